The van der Waals surface area contributed by atoms with Crippen LogP contribution in [0, 0.1) is 18.9 Å². The summed E-state index contributed by atoms with van der Waals surface area (Å²) in [5, 5.41) is 6.38. The molecule has 7 aromatic rings. The van der Waals surface area contributed by atoms with E-state index in [1.54, 1.807) is 10.9 Å². The van der Waals surface area contributed by atoms with E-state index in [4.69, 9.17) is 4.42 Å². The molecule has 0 radical (unpaired) electrons. The van der Waals surface area contributed by atoms with Gasteiger partial charge in [0.2, 0.25) is 5.82 Å². The second-order valence-electron chi connectivity index (χ2n) is 10.1. The summed E-state index contributed by atoms with van der Waals surface area (Å²) in [5.41, 5.74) is 7.59. The Morgan fingerprint density at radius 3 is 2.37 bits per heavy atom. The summed E-state index contributed by atoms with van der Waals surface area (Å²) in [4.78, 5) is 0. The molecule has 0 aliphatic rings. The zero-order valence-corrected chi connectivity index (χ0v) is 27.4. The molecule has 41 heavy (non-hydrogen) atoms. The topological polar surface area (TPSA) is 39.8 Å². The molecule has 0 spiro atoms. The second kappa shape index (κ2) is 12.5. The maximum absolute atomic E-state index is 6.43. The van der Waals surface area contributed by atoms with Crippen LogP contribution in [0.15, 0.2) is 120 Å². The monoisotopic (exact) mass is 611 g/mol. The largest absolute Gasteiger partial charge is 2.00 e. The van der Waals surface area contributed by atoms with Gasteiger partial charge in [-0.2, -0.15) is 46.9 Å². The van der Waals surface area contributed by atoms with Crippen molar-refractivity contribution in [3.05, 3.63) is 139 Å². The number of aryl methyl sites for hydroxylation is 2. The molecule has 5 nitrogen and oxygen atoms in total. The zero-order chi connectivity index (χ0) is 27.6. The van der Waals surface area contributed by atoms with Crippen molar-refractivity contribution in [1.29, 1.82) is 0 Å². The number of aromatic nitrogens is 4. The Bertz CT molecular complexity index is 1900. The molecule has 0 saturated carbocycles. The van der Waals surface area contributed by atoms with Crippen molar-refractivity contribution in [1.82, 2.24) is 14.3 Å². The molecule has 0 saturated heterocycles. The summed E-state index contributed by atoms with van der Waals surface area (Å²) in [6, 6.07) is 33.9. The molecule has 198 valence electrons. The van der Waals surface area contributed by atoms with Gasteiger partial charge in [-0.15, -0.1) is 12.1 Å². The number of nitrogens with zero attached hydrogens (tertiary/aromatic N) is 4. The van der Waals surface area contributed by atoms with Crippen molar-refractivity contribution in [2.75, 3.05) is 0 Å². The third-order valence-electron chi connectivity index (χ3n) is 7.13. The van der Waals surface area contributed by atoms with Crippen molar-refractivity contribution in [2.24, 2.45) is 7.05 Å². The van der Waals surface area contributed by atoms with Gasteiger partial charge < -0.3 is 4.42 Å². The summed E-state index contributed by atoms with van der Waals surface area (Å²) >= 11 is 0. The molecule has 0 N–H and O–H groups in total. The van der Waals surface area contributed by atoms with Crippen molar-refractivity contribution in [3.63, 3.8) is 0 Å². The Kier molecular flexibility index (Phi) is 8.85. The van der Waals surface area contributed by atoms with Crippen LogP contribution < -0.4 is 4.57 Å². The Morgan fingerprint density at radius 1 is 0.854 bits per heavy atom. The first-order valence-corrected chi connectivity index (χ1v) is 13.4. The second-order valence-corrected chi connectivity index (χ2v) is 10.1. The van der Waals surface area contributed by atoms with Gasteiger partial charge in [-0.1, -0.05) is 50.2 Å². The zero-order valence-electron chi connectivity index (χ0n) is 23.9. The van der Waals surface area contributed by atoms with E-state index in [9.17, 15) is 0 Å². The number of imidazole rings is 1. The molecular weight excluding hydrogens is 580 g/mol. The molecule has 0 unspecified atom stereocenters. The predicted molar refractivity (Wildman–Crippen MR) is 166 cm³/mol. The van der Waals surface area contributed by atoms with Crippen molar-refractivity contribution >= 4 is 67.4 Å². The molecule has 7 rings (SSSR count). The fourth-order valence-electron chi connectivity index (χ4n) is 5.17. The van der Waals surface area contributed by atoms with Gasteiger partial charge in [-0.05, 0) is 36.4 Å². The molecule has 3 aromatic heterocycles. The minimum absolute atomic E-state index is 0. The summed E-state index contributed by atoms with van der Waals surface area (Å²) in [6.45, 7) is 6.47. The van der Waals surface area contributed by atoms with Gasteiger partial charge in [0.25, 0.3) is 0 Å². The Balaban J connectivity index is 0.000000236. The molecule has 0 atom stereocenters. The number of benzene rings is 4. The molecule has 0 bridgehead atoms. The number of fused-ring (bicyclic) bond motifs is 3. The van der Waals surface area contributed by atoms with E-state index in [0.717, 1.165) is 39.0 Å². The Hall–Kier alpha value is -3.55. The van der Waals surface area contributed by atoms with Gasteiger partial charge in [-0.3, -0.25) is 4.68 Å². The van der Waals surface area contributed by atoms with Crippen LogP contribution in [0.3, 0.4) is 0 Å². The van der Waals surface area contributed by atoms with Crippen LogP contribution in [0.1, 0.15) is 25.0 Å². The minimum Gasteiger partial charge on any atom is -0.468 e. The number of hydrogen-bond acceptors (Lipinski definition) is 2. The van der Waals surface area contributed by atoms with E-state index in [1.165, 1.54) is 22.7 Å². The van der Waals surface area contributed by atoms with Gasteiger partial charge in [0.1, 0.15) is 23.7 Å². The molecule has 4 aromatic carbocycles. The maximum Gasteiger partial charge on any atom is 2.00 e. The number of para-hydroxylation sites is 3. The standard InChI is InChI=1S/C26H24N2O.C9H7N2.Sr/c1-17(2)19-13-14-21-20-10-6-8-12-23(20)29-25(21)24(19)26-27(4)15-16-28(26)22-11-7-5-9-18(22)3;1-2-5-9(6-3-1)11-8-4-7-10-11;/h5-16H,1-4H3;1-5,7-8H;/q;-1;+2. The predicted octanol–water partition coefficient (Wildman–Crippen LogP) is 7.43. The van der Waals surface area contributed by atoms with Crippen LogP contribution in [-0.2, 0) is 7.05 Å². The molecule has 0 aliphatic carbocycles. The van der Waals surface area contributed by atoms with Gasteiger partial charge in [0, 0.05) is 28.7 Å². The van der Waals surface area contributed by atoms with Gasteiger partial charge in [-0.25, -0.2) is 9.13 Å². The van der Waals surface area contributed by atoms with Crippen molar-refractivity contribution in [3.8, 4) is 22.8 Å². The molecule has 0 amide bonds. The quantitative estimate of drug-likeness (QED) is 0.118. The minimum atomic E-state index is 0. The van der Waals surface area contributed by atoms with E-state index < -0.39 is 0 Å². The average molecular weight is 611 g/mol. The first-order chi connectivity index (χ1) is 19.5. The molecule has 0 fully saturated rings. The summed E-state index contributed by atoms with van der Waals surface area (Å²) in [5.74, 6) is 2.38. The van der Waals surface area contributed by atoms with Crippen LogP contribution >= 0.6 is 0 Å². The van der Waals surface area contributed by atoms with Crippen molar-refractivity contribution in [2.45, 2.75) is 20.8 Å². The summed E-state index contributed by atoms with van der Waals surface area (Å²) in [6.07, 6.45) is 7.89. The average Bonchev–Trinajstić information content (AvgIpc) is 3.73. The summed E-state index contributed by atoms with van der Waals surface area (Å²) < 4.78 is 12.7. The summed E-state index contributed by atoms with van der Waals surface area (Å²) in [7, 11) is 2.10. The van der Waals surface area contributed by atoms with Crippen LogP contribution in [-0.4, -0.2) is 59.8 Å². The third-order valence-corrected chi connectivity index (χ3v) is 7.13. The van der Waals surface area contributed by atoms with E-state index in [0.29, 0.717) is 0 Å². The van der Waals surface area contributed by atoms with E-state index in [2.05, 4.69) is 109 Å². The van der Waals surface area contributed by atoms with Gasteiger partial charge >= 0.3 is 45.5 Å². The first-order valence-electron chi connectivity index (χ1n) is 13.4. The fraction of sp³-hybridized carbons (Fsp3) is 0.114. The van der Waals surface area contributed by atoms with Gasteiger partial charge in [0.15, 0.2) is 0 Å². The third kappa shape index (κ3) is 5.66. The van der Waals surface area contributed by atoms with Crippen LogP contribution in [0.4, 0.5) is 0 Å². The smallest absolute Gasteiger partial charge is 0.468 e. The molecule has 0 aliphatic heterocycles. The number of hydrogen-bond donors (Lipinski definition) is 0. The van der Waals surface area contributed by atoms with Crippen LogP contribution in [0.2, 0.25) is 0 Å². The molecule has 6 heteroatoms. The van der Waals surface area contributed by atoms with E-state index >= 15 is 0 Å². The van der Waals surface area contributed by atoms with Crippen LogP contribution in [0.5, 0.6) is 0 Å². The molecule has 3 heterocycles. The maximum atomic E-state index is 6.43. The Labute approximate surface area is 277 Å². The van der Waals surface area contributed by atoms with Crippen molar-refractivity contribution < 1.29 is 8.98 Å². The number of rotatable bonds is 4. The molecular formula is C35H31N4OSr+. The van der Waals surface area contributed by atoms with E-state index in [1.807, 2.05) is 48.7 Å². The first kappa shape index (κ1) is 29.0. The SMILES string of the molecule is Cc1ccccc1-n1cc[n+](C)c1-c1c([C-](C)C)ccc2c1oc1ccccc12.[Sr+2].[c-]1ccccc1-n1cccn1. The Morgan fingerprint density at radius 2 is 1.63 bits per heavy atom. The normalized spacial score (nSPS) is 10.7. The van der Waals surface area contributed by atoms with Crippen LogP contribution in [0.25, 0.3) is 44.7 Å². The van der Waals surface area contributed by atoms with Gasteiger partial charge in [0.05, 0.1) is 12.6 Å². The van der Waals surface area contributed by atoms with E-state index in [-0.39, 0.29) is 45.5 Å². The fourth-order valence-corrected chi connectivity index (χ4v) is 5.17. The number of furan rings is 1.